The Kier molecular flexibility index (Phi) is 6.73. The SMILES string of the molecule is CN=C(NCc1coc(-c2cccs2)n1)NCC(C)Oc1ccc(Cl)cc1. The van der Waals surface area contributed by atoms with E-state index in [2.05, 4.69) is 20.6 Å². The van der Waals surface area contributed by atoms with Gasteiger partial charge in [0.2, 0.25) is 5.89 Å². The highest BCUT2D eigenvalue weighted by atomic mass is 35.5. The molecule has 1 atom stereocenters. The van der Waals surface area contributed by atoms with E-state index in [4.69, 9.17) is 20.8 Å². The number of thiophene rings is 1. The number of benzene rings is 1. The summed E-state index contributed by atoms with van der Waals surface area (Å²) < 4.78 is 11.4. The molecule has 8 heteroatoms. The molecule has 0 saturated heterocycles. The Morgan fingerprint density at radius 2 is 2.11 bits per heavy atom. The summed E-state index contributed by atoms with van der Waals surface area (Å²) in [5, 5.41) is 9.14. The monoisotopic (exact) mass is 404 g/mol. The second-order valence-corrected chi connectivity index (χ2v) is 7.19. The number of nitrogens with zero attached hydrogens (tertiary/aromatic N) is 2. The van der Waals surface area contributed by atoms with Gasteiger partial charge in [-0.2, -0.15) is 0 Å². The molecular weight excluding hydrogens is 384 g/mol. The first-order valence-electron chi connectivity index (χ1n) is 8.49. The van der Waals surface area contributed by atoms with Gasteiger partial charge in [-0.15, -0.1) is 11.3 Å². The van der Waals surface area contributed by atoms with Gasteiger partial charge in [-0.3, -0.25) is 4.99 Å². The summed E-state index contributed by atoms with van der Waals surface area (Å²) in [5.41, 5.74) is 0.812. The van der Waals surface area contributed by atoms with Gasteiger partial charge in [0.15, 0.2) is 5.96 Å². The molecule has 0 aliphatic rings. The van der Waals surface area contributed by atoms with E-state index in [0.717, 1.165) is 16.3 Å². The molecule has 0 saturated carbocycles. The van der Waals surface area contributed by atoms with Crippen LogP contribution in [0.3, 0.4) is 0 Å². The number of aliphatic imine (C=N–C) groups is 1. The molecule has 27 heavy (non-hydrogen) atoms. The van der Waals surface area contributed by atoms with Gasteiger partial charge in [0, 0.05) is 12.1 Å². The fourth-order valence-electron chi connectivity index (χ4n) is 2.32. The van der Waals surface area contributed by atoms with Gasteiger partial charge in [-0.1, -0.05) is 17.7 Å². The van der Waals surface area contributed by atoms with E-state index in [-0.39, 0.29) is 6.10 Å². The molecule has 0 aliphatic heterocycles. The molecular formula is C19H21ClN4O2S. The van der Waals surface area contributed by atoms with Crippen LogP contribution in [-0.2, 0) is 6.54 Å². The zero-order valence-electron chi connectivity index (χ0n) is 15.1. The van der Waals surface area contributed by atoms with Gasteiger partial charge in [-0.25, -0.2) is 4.98 Å². The van der Waals surface area contributed by atoms with Crippen LogP contribution in [0.25, 0.3) is 10.8 Å². The zero-order chi connectivity index (χ0) is 19.1. The van der Waals surface area contributed by atoms with Crippen molar-refractivity contribution < 1.29 is 9.15 Å². The summed E-state index contributed by atoms with van der Waals surface area (Å²) in [5.74, 6) is 2.08. The fourth-order valence-corrected chi connectivity index (χ4v) is 3.11. The summed E-state index contributed by atoms with van der Waals surface area (Å²) in [7, 11) is 1.72. The average Bonchev–Trinajstić information content (AvgIpc) is 3.35. The Labute approximate surface area is 167 Å². The first-order valence-corrected chi connectivity index (χ1v) is 9.75. The zero-order valence-corrected chi connectivity index (χ0v) is 16.7. The molecule has 2 heterocycles. The van der Waals surface area contributed by atoms with Crippen LogP contribution in [0.2, 0.25) is 5.02 Å². The molecule has 1 unspecified atom stereocenters. The standard InChI is InChI=1S/C19H21ClN4O2S/c1-13(26-16-7-5-14(20)6-8-16)10-22-19(21-2)23-11-15-12-25-18(24-15)17-4-3-9-27-17/h3-9,12-13H,10-11H2,1-2H3,(H2,21,22,23). The summed E-state index contributed by atoms with van der Waals surface area (Å²) in [6, 6.07) is 11.3. The number of ether oxygens (including phenoxy) is 1. The highest BCUT2D eigenvalue weighted by Crippen LogP contribution is 2.23. The predicted octanol–water partition coefficient (Wildman–Crippen LogP) is 4.19. The largest absolute Gasteiger partial charge is 0.489 e. The molecule has 2 N–H and O–H groups in total. The maximum Gasteiger partial charge on any atom is 0.236 e. The van der Waals surface area contributed by atoms with Crippen molar-refractivity contribution in [2.75, 3.05) is 13.6 Å². The third-order valence-electron chi connectivity index (χ3n) is 3.65. The normalized spacial score (nSPS) is 12.6. The molecule has 3 aromatic rings. The van der Waals surface area contributed by atoms with Gasteiger partial charge in [0.1, 0.15) is 18.1 Å². The Balaban J connectivity index is 1.44. The molecule has 0 amide bonds. The first-order chi connectivity index (χ1) is 13.1. The van der Waals surface area contributed by atoms with Gasteiger partial charge < -0.3 is 19.8 Å². The maximum absolute atomic E-state index is 5.88. The lowest BCUT2D eigenvalue weighted by Crippen LogP contribution is -2.41. The van der Waals surface area contributed by atoms with Crippen molar-refractivity contribution in [2.24, 2.45) is 4.99 Å². The van der Waals surface area contributed by atoms with E-state index in [1.54, 1.807) is 36.8 Å². The second-order valence-electron chi connectivity index (χ2n) is 5.81. The minimum absolute atomic E-state index is 0.0396. The number of guanidine groups is 1. The van der Waals surface area contributed by atoms with Crippen molar-refractivity contribution >= 4 is 28.9 Å². The number of hydrogen-bond acceptors (Lipinski definition) is 5. The quantitative estimate of drug-likeness (QED) is 0.456. The van der Waals surface area contributed by atoms with E-state index >= 15 is 0 Å². The summed E-state index contributed by atoms with van der Waals surface area (Å²) in [4.78, 5) is 9.71. The Morgan fingerprint density at radius 3 is 2.81 bits per heavy atom. The van der Waals surface area contributed by atoms with Crippen LogP contribution in [0.5, 0.6) is 5.75 Å². The van der Waals surface area contributed by atoms with Crippen molar-refractivity contribution in [3.8, 4) is 16.5 Å². The lowest BCUT2D eigenvalue weighted by atomic mass is 10.3. The van der Waals surface area contributed by atoms with Crippen molar-refractivity contribution in [3.63, 3.8) is 0 Å². The number of rotatable bonds is 7. The summed E-state index contributed by atoms with van der Waals surface area (Å²) in [6.07, 6.45) is 1.61. The third kappa shape index (κ3) is 5.74. The first kappa shape index (κ1) is 19.3. The minimum Gasteiger partial charge on any atom is -0.489 e. The van der Waals surface area contributed by atoms with Crippen LogP contribution >= 0.6 is 22.9 Å². The maximum atomic E-state index is 5.88. The third-order valence-corrected chi connectivity index (χ3v) is 4.76. The topological polar surface area (TPSA) is 71.7 Å². The average molecular weight is 405 g/mol. The lowest BCUT2D eigenvalue weighted by molar-refractivity contribution is 0.224. The molecule has 3 rings (SSSR count). The van der Waals surface area contributed by atoms with Crippen LogP contribution < -0.4 is 15.4 Å². The van der Waals surface area contributed by atoms with E-state index in [1.165, 1.54) is 0 Å². The van der Waals surface area contributed by atoms with Crippen molar-refractivity contribution in [2.45, 2.75) is 19.6 Å². The smallest absolute Gasteiger partial charge is 0.236 e. The van der Waals surface area contributed by atoms with Gasteiger partial charge in [-0.05, 0) is 42.6 Å². The minimum atomic E-state index is -0.0396. The van der Waals surface area contributed by atoms with Gasteiger partial charge in [0.05, 0.1) is 23.7 Å². The van der Waals surface area contributed by atoms with Crippen LogP contribution in [0.4, 0.5) is 0 Å². The molecule has 0 aliphatic carbocycles. The number of oxazole rings is 1. The van der Waals surface area contributed by atoms with Crippen molar-refractivity contribution in [1.29, 1.82) is 0 Å². The van der Waals surface area contributed by atoms with Crippen LogP contribution in [0.1, 0.15) is 12.6 Å². The number of aromatic nitrogens is 1. The Morgan fingerprint density at radius 1 is 1.30 bits per heavy atom. The number of nitrogens with one attached hydrogen (secondary N) is 2. The highest BCUT2D eigenvalue weighted by molar-refractivity contribution is 7.13. The van der Waals surface area contributed by atoms with E-state index in [0.29, 0.717) is 30.0 Å². The predicted molar refractivity (Wildman–Crippen MR) is 110 cm³/mol. The second kappa shape index (κ2) is 9.43. The molecule has 0 spiro atoms. The molecule has 0 bridgehead atoms. The number of hydrogen-bond donors (Lipinski definition) is 2. The molecule has 6 nitrogen and oxygen atoms in total. The fraction of sp³-hybridized carbons (Fsp3) is 0.263. The van der Waals surface area contributed by atoms with Gasteiger partial charge in [0.25, 0.3) is 0 Å². The molecule has 2 aromatic heterocycles. The van der Waals surface area contributed by atoms with Crippen LogP contribution in [-0.4, -0.2) is 30.6 Å². The Hall–Kier alpha value is -2.51. The van der Waals surface area contributed by atoms with Crippen LogP contribution in [0.15, 0.2) is 57.5 Å². The van der Waals surface area contributed by atoms with E-state index in [1.807, 2.05) is 36.6 Å². The van der Waals surface area contributed by atoms with Gasteiger partial charge >= 0.3 is 0 Å². The lowest BCUT2D eigenvalue weighted by Gasteiger charge is -2.17. The molecule has 0 radical (unpaired) electrons. The van der Waals surface area contributed by atoms with Crippen LogP contribution in [0, 0.1) is 0 Å². The highest BCUT2D eigenvalue weighted by Gasteiger charge is 2.09. The summed E-state index contributed by atoms with van der Waals surface area (Å²) in [6.45, 7) is 3.10. The molecule has 1 aromatic carbocycles. The summed E-state index contributed by atoms with van der Waals surface area (Å²) >= 11 is 7.48. The Bertz CT molecular complexity index is 862. The van der Waals surface area contributed by atoms with Crippen molar-refractivity contribution in [1.82, 2.24) is 15.6 Å². The van der Waals surface area contributed by atoms with Crippen molar-refractivity contribution in [3.05, 3.63) is 58.8 Å². The molecule has 0 fully saturated rings. The molecule has 142 valence electrons. The number of halogens is 1. The van der Waals surface area contributed by atoms with E-state index < -0.39 is 0 Å². The van der Waals surface area contributed by atoms with E-state index in [9.17, 15) is 0 Å².